The Labute approximate surface area is 108 Å². The topological polar surface area (TPSA) is 6.48 Å². The first-order chi connectivity index (χ1) is 7.02. The number of hydrogen-bond acceptors (Lipinski definition) is 2. The molecule has 2 aliphatic rings. The van der Waals surface area contributed by atoms with Gasteiger partial charge in [-0.3, -0.25) is 9.80 Å². The summed E-state index contributed by atoms with van der Waals surface area (Å²) in [6.45, 7) is 11.1. The Hall–Kier alpha value is 0.650. The number of fused-ring (bicyclic) bond motifs is 1. The van der Waals surface area contributed by atoms with Crippen LogP contribution in [0.3, 0.4) is 0 Å². The Bertz CT molecular complexity index is 224. The van der Waals surface area contributed by atoms with Crippen LogP contribution in [-0.4, -0.2) is 46.1 Å². The molecule has 88 valence electrons. The second-order valence-electron chi connectivity index (χ2n) is 6.07. The van der Waals surface area contributed by atoms with Gasteiger partial charge in [0.2, 0.25) is 0 Å². The Balaban J connectivity index is 2.13. The maximum absolute atomic E-state index is 2.78. The summed E-state index contributed by atoms with van der Waals surface area (Å²) in [5.74, 6) is 0. The summed E-state index contributed by atoms with van der Waals surface area (Å²) in [7, 11) is 0. The zero-order valence-electron chi connectivity index (χ0n) is 10.2. The molecule has 0 aliphatic carbocycles. The minimum Gasteiger partial charge on any atom is -0.294 e. The third-order valence-corrected chi connectivity index (χ3v) is 4.86. The van der Waals surface area contributed by atoms with Crippen molar-refractivity contribution >= 4 is 22.6 Å². The van der Waals surface area contributed by atoms with Gasteiger partial charge in [-0.15, -0.1) is 0 Å². The molecule has 2 atom stereocenters. The van der Waals surface area contributed by atoms with Gasteiger partial charge >= 0.3 is 0 Å². The molecular weight excluding hydrogens is 299 g/mol. The first-order valence-corrected chi connectivity index (χ1v) is 7.59. The van der Waals surface area contributed by atoms with E-state index < -0.39 is 0 Å². The van der Waals surface area contributed by atoms with Gasteiger partial charge in [0.25, 0.3) is 0 Å². The molecule has 3 heteroatoms. The fourth-order valence-corrected chi connectivity index (χ4v) is 3.61. The highest BCUT2D eigenvalue weighted by Gasteiger charge is 2.41. The molecule has 0 saturated carbocycles. The average molecular weight is 322 g/mol. The van der Waals surface area contributed by atoms with Gasteiger partial charge in [0.05, 0.1) is 4.55 Å². The lowest BCUT2D eigenvalue weighted by Crippen LogP contribution is -2.59. The lowest BCUT2D eigenvalue weighted by atomic mass is 9.83. The molecule has 0 radical (unpaired) electrons. The maximum Gasteiger partial charge on any atom is 0.0506 e. The van der Waals surface area contributed by atoms with Gasteiger partial charge in [-0.25, -0.2) is 0 Å². The van der Waals surface area contributed by atoms with E-state index in [1.165, 1.54) is 37.0 Å². The summed E-state index contributed by atoms with van der Waals surface area (Å²) in [5, 5.41) is 0. The molecule has 0 aromatic carbocycles. The molecular formula is C12H23IN2. The van der Waals surface area contributed by atoms with Crippen molar-refractivity contribution in [2.24, 2.45) is 5.41 Å². The van der Waals surface area contributed by atoms with Gasteiger partial charge < -0.3 is 0 Å². The molecule has 0 aromatic rings. The number of nitrogens with zero attached hydrogens (tertiary/aromatic N) is 2. The van der Waals surface area contributed by atoms with Gasteiger partial charge in [0, 0.05) is 25.2 Å². The summed E-state index contributed by atoms with van der Waals surface area (Å²) in [6, 6.07) is 1.60. The monoisotopic (exact) mass is 322 g/mol. The van der Waals surface area contributed by atoms with Crippen LogP contribution in [0.2, 0.25) is 0 Å². The van der Waals surface area contributed by atoms with E-state index in [0.29, 0.717) is 5.41 Å². The minimum atomic E-state index is 0.424. The second kappa shape index (κ2) is 4.49. The Morgan fingerprint density at radius 2 is 2.00 bits per heavy atom. The van der Waals surface area contributed by atoms with E-state index >= 15 is 0 Å². The van der Waals surface area contributed by atoms with E-state index in [2.05, 4.69) is 53.2 Å². The fourth-order valence-electron chi connectivity index (χ4n) is 3.06. The number of piperazine rings is 1. The third-order valence-electron chi connectivity index (χ3n) is 3.89. The molecule has 2 fully saturated rings. The van der Waals surface area contributed by atoms with Crippen molar-refractivity contribution in [1.82, 2.24) is 9.80 Å². The van der Waals surface area contributed by atoms with Gasteiger partial charge in [-0.1, -0.05) is 43.4 Å². The normalized spacial score (nSPS) is 34.4. The molecule has 0 aromatic heterocycles. The zero-order valence-corrected chi connectivity index (χ0v) is 12.3. The maximum atomic E-state index is 2.78. The van der Waals surface area contributed by atoms with E-state index in [-0.39, 0.29) is 0 Å². The smallest absolute Gasteiger partial charge is 0.0506 e. The highest BCUT2D eigenvalue weighted by molar-refractivity contribution is 14.1. The summed E-state index contributed by atoms with van der Waals surface area (Å²) >= 11 is 2.51. The molecule has 2 unspecified atom stereocenters. The lowest BCUT2D eigenvalue weighted by Gasteiger charge is -2.48. The van der Waals surface area contributed by atoms with Gasteiger partial charge in [0.1, 0.15) is 0 Å². The van der Waals surface area contributed by atoms with Crippen LogP contribution < -0.4 is 0 Å². The molecule has 2 rings (SSSR count). The summed E-state index contributed by atoms with van der Waals surface area (Å²) in [4.78, 5) is 5.41. The highest BCUT2D eigenvalue weighted by atomic mass is 127. The average Bonchev–Trinajstić information content (AvgIpc) is 2.61. The Morgan fingerprint density at radius 3 is 2.60 bits per heavy atom. The van der Waals surface area contributed by atoms with Crippen LogP contribution in [0.25, 0.3) is 0 Å². The van der Waals surface area contributed by atoms with E-state index in [4.69, 9.17) is 0 Å². The van der Waals surface area contributed by atoms with E-state index in [0.717, 1.165) is 12.1 Å². The predicted molar refractivity (Wildman–Crippen MR) is 73.4 cm³/mol. The number of rotatable bonds is 1. The molecule has 2 nitrogen and oxygen atoms in total. The van der Waals surface area contributed by atoms with Crippen LogP contribution in [0.15, 0.2) is 0 Å². The van der Waals surface area contributed by atoms with Gasteiger partial charge in [-0.2, -0.15) is 0 Å². The third kappa shape index (κ3) is 2.50. The van der Waals surface area contributed by atoms with Crippen LogP contribution >= 0.6 is 22.6 Å². The van der Waals surface area contributed by atoms with Crippen molar-refractivity contribution < 1.29 is 0 Å². The van der Waals surface area contributed by atoms with Crippen molar-refractivity contribution in [2.75, 3.05) is 24.2 Å². The fraction of sp³-hybridized carbons (Fsp3) is 1.00. The molecule has 2 saturated heterocycles. The highest BCUT2D eigenvalue weighted by Crippen LogP contribution is 2.34. The van der Waals surface area contributed by atoms with E-state index in [1.807, 2.05) is 0 Å². The standard InChI is InChI=1S/C12H23IN2/c1-12(2,3)11-8-14(9-13)7-10-5-4-6-15(10)11/h10-11H,4-9H2,1-3H3. The van der Waals surface area contributed by atoms with Crippen molar-refractivity contribution in [3.63, 3.8) is 0 Å². The summed E-state index contributed by atoms with van der Waals surface area (Å²) in [6.07, 6.45) is 2.83. The van der Waals surface area contributed by atoms with Crippen molar-refractivity contribution in [1.29, 1.82) is 0 Å². The van der Waals surface area contributed by atoms with Crippen LogP contribution in [0, 0.1) is 5.41 Å². The minimum absolute atomic E-state index is 0.424. The summed E-state index contributed by atoms with van der Waals surface area (Å²) in [5.41, 5.74) is 0.424. The first kappa shape index (κ1) is 12.1. The largest absolute Gasteiger partial charge is 0.294 e. The molecule has 0 amide bonds. The van der Waals surface area contributed by atoms with Crippen LogP contribution in [0.4, 0.5) is 0 Å². The zero-order chi connectivity index (χ0) is 11.1. The molecule has 0 spiro atoms. The van der Waals surface area contributed by atoms with Gasteiger partial charge in [-0.05, 0) is 24.8 Å². The predicted octanol–water partition coefficient (Wildman–Crippen LogP) is 2.57. The first-order valence-electron chi connectivity index (χ1n) is 6.06. The van der Waals surface area contributed by atoms with E-state index in [9.17, 15) is 0 Å². The Kier molecular flexibility index (Phi) is 3.63. The number of hydrogen-bond donors (Lipinski definition) is 0. The molecule has 15 heavy (non-hydrogen) atoms. The Morgan fingerprint density at radius 1 is 1.27 bits per heavy atom. The second-order valence-corrected chi connectivity index (χ2v) is 6.75. The molecule has 2 aliphatic heterocycles. The molecule has 0 N–H and O–H groups in total. The van der Waals surface area contributed by atoms with Crippen molar-refractivity contribution in [3.05, 3.63) is 0 Å². The lowest BCUT2D eigenvalue weighted by molar-refractivity contribution is 0.00678. The number of halogens is 1. The van der Waals surface area contributed by atoms with Crippen LogP contribution in [-0.2, 0) is 0 Å². The SMILES string of the molecule is CC(C)(C)C1CN(CI)CC2CCCN21. The van der Waals surface area contributed by atoms with Crippen molar-refractivity contribution in [2.45, 2.75) is 45.7 Å². The van der Waals surface area contributed by atoms with Crippen LogP contribution in [0.5, 0.6) is 0 Å². The quantitative estimate of drug-likeness (QED) is 0.416. The number of alkyl halides is 1. The summed E-state index contributed by atoms with van der Waals surface area (Å²) < 4.78 is 1.19. The van der Waals surface area contributed by atoms with Crippen molar-refractivity contribution in [3.8, 4) is 0 Å². The van der Waals surface area contributed by atoms with E-state index in [1.54, 1.807) is 0 Å². The van der Waals surface area contributed by atoms with Crippen LogP contribution in [0.1, 0.15) is 33.6 Å². The molecule has 2 heterocycles. The molecule has 0 bridgehead atoms. The van der Waals surface area contributed by atoms with Gasteiger partial charge in [0.15, 0.2) is 0 Å².